The third-order valence-corrected chi connectivity index (χ3v) is 2.54. The fraction of sp³-hybridized carbons (Fsp3) is 0.571. The molecule has 1 rings (SSSR count). The van der Waals surface area contributed by atoms with Gasteiger partial charge in [0.15, 0.2) is 0 Å². The number of nitrogens with one attached hydrogen (secondary N) is 1. The van der Waals surface area contributed by atoms with Crippen LogP contribution in [-0.4, -0.2) is 39.0 Å². The summed E-state index contributed by atoms with van der Waals surface area (Å²) in [5, 5.41) is 19.2. The van der Waals surface area contributed by atoms with Crippen LogP contribution in [0.3, 0.4) is 0 Å². The molecular formula is C14H21N3O4. The smallest absolute Gasteiger partial charge is 0.408 e. The van der Waals surface area contributed by atoms with Gasteiger partial charge in [0.05, 0.1) is 5.69 Å². The van der Waals surface area contributed by atoms with Crippen LogP contribution in [0.1, 0.15) is 39.3 Å². The summed E-state index contributed by atoms with van der Waals surface area (Å²) < 4.78 is 5.05. The van der Waals surface area contributed by atoms with Crippen LogP contribution in [0.25, 0.3) is 0 Å². The van der Waals surface area contributed by atoms with Gasteiger partial charge in [-0.05, 0) is 52.2 Å². The molecule has 0 fully saturated rings. The van der Waals surface area contributed by atoms with Gasteiger partial charge in [-0.1, -0.05) is 0 Å². The third kappa shape index (κ3) is 7.24. The van der Waals surface area contributed by atoms with Gasteiger partial charge in [0.25, 0.3) is 0 Å². The van der Waals surface area contributed by atoms with Gasteiger partial charge in [0, 0.05) is 6.20 Å². The maximum Gasteiger partial charge on any atom is 0.408 e. The molecule has 0 aromatic carbocycles. The first-order valence-electron chi connectivity index (χ1n) is 6.77. The zero-order chi connectivity index (χ0) is 15.9. The number of rotatable bonds is 6. The third-order valence-electron chi connectivity index (χ3n) is 2.54. The molecule has 0 aliphatic heterocycles. The Kier molecular flexibility index (Phi) is 6.08. The van der Waals surface area contributed by atoms with E-state index >= 15 is 0 Å². The number of nitrogens with zero attached hydrogens (tertiary/aromatic N) is 2. The Morgan fingerprint density at radius 1 is 1.43 bits per heavy atom. The Balaban J connectivity index is 2.43. The van der Waals surface area contributed by atoms with E-state index in [-0.39, 0.29) is 0 Å². The van der Waals surface area contributed by atoms with Crippen molar-refractivity contribution in [2.75, 3.05) is 0 Å². The molecule has 7 nitrogen and oxygen atoms in total. The molecule has 1 heterocycles. The Labute approximate surface area is 123 Å². The monoisotopic (exact) mass is 295 g/mol. The lowest BCUT2D eigenvalue weighted by atomic mass is 10.1. The lowest BCUT2D eigenvalue weighted by Crippen LogP contribution is -2.43. The summed E-state index contributed by atoms with van der Waals surface area (Å²) in [5.74, 6) is -1.08. The van der Waals surface area contributed by atoms with E-state index in [1.807, 2.05) is 6.07 Å². The van der Waals surface area contributed by atoms with Crippen LogP contribution in [-0.2, 0) is 16.0 Å². The Hall–Kier alpha value is -2.18. The first-order chi connectivity index (χ1) is 9.78. The van der Waals surface area contributed by atoms with Crippen molar-refractivity contribution < 1.29 is 19.4 Å². The quantitative estimate of drug-likeness (QED) is 0.829. The average Bonchev–Trinajstić information content (AvgIpc) is 2.36. The number of ether oxygens (including phenoxy) is 1. The molecule has 1 unspecified atom stereocenters. The van der Waals surface area contributed by atoms with Crippen LogP contribution in [0, 0.1) is 0 Å². The fourth-order valence-corrected chi connectivity index (χ4v) is 1.66. The molecule has 21 heavy (non-hydrogen) atoms. The molecule has 0 aliphatic rings. The number of hydrogen-bond acceptors (Lipinski definition) is 5. The maximum absolute atomic E-state index is 11.6. The second-order valence-electron chi connectivity index (χ2n) is 5.64. The fourth-order valence-electron chi connectivity index (χ4n) is 1.66. The van der Waals surface area contributed by atoms with Crippen molar-refractivity contribution in [1.82, 2.24) is 15.5 Å². The molecule has 0 bridgehead atoms. The lowest BCUT2D eigenvalue weighted by molar-refractivity contribution is -0.139. The number of amides is 1. The molecule has 0 aliphatic carbocycles. The van der Waals surface area contributed by atoms with E-state index in [0.717, 1.165) is 5.69 Å². The summed E-state index contributed by atoms with van der Waals surface area (Å²) in [7, 11) is 0. The maximum atomic E-state index is 11.6. The van der Waals surface area contributed by atoms with Crippen LogP contribution in [0.15, 0.2) is 18.3 Å². The number of aliphatic carboxylic acids is 1. The normalized spacial score (nSPS) is 12.5. The van der Waals surface area contributed by atoms with Crippen molar-refractivity contribution in [1.29, 1.82) is 0 Å². The summed E-state index contributed by atoms with van der Waals surface area (Å²) in [6, 6.07) is 2.62. The van der Waals surface area contributed by atoms with E-state index in [4.69, 9.17) is 9.84 Å². The predicted molar refractivity (Wildman–Crippen MR) is 75.8 cm³/mol. The van der Waals surface area contributed by atoms with E-state index < -0.39 is 23.7 Å². The van der Waals surface area contributed by atoms with Gasteiger partial charge in [-0.3, -0.25) is 0 Å². The minimum atomic E-state index is -1.08. The van der Waals surface area contributed by atoms with Crippen molar-refractivity contribution in [2.45, 2.75) is 51.7 Å². The van der Waals surface area contributed by atoms with Crippen molar-refractivity contribution in [3.63, 3.8) is 0 Å². The van der Waals surface area contributed by atoms with Crippen molar-refractivity contribution in [3.8, 4) is 0 Å². The molecule has 1 amide bonds. The van der Waals surface area contributed by atoms with Gasteiger partial charge in [-0.25, -0.2) is 9.59 Å². The van der Waals surface area contributed by atoms with Gasteiger partial charge in [-0.2, -0.15) is 10.2 Å². The molecule has 0 saturated heterocycles. The highest BCUT2D eigenvalue weighted by molar-refractivity contribution is 5.79. The average molecular weight is 295 g/mol. The van der Waals surface area contributed by atoms with Crippen molar-refractivity contribution in [2.24, 2.45) is 0 Å². The number of carbonyl (C=O) groups excluding carboxylic acids is 1. The number of carbonyl (C=O) groups is 2. The standard InChI is InChI=1S/C14H21N3O4/c1-14(2,3)21-13(20)16-11(12(18)19)8-4-6-10-7-5-9-15-17-10/h5,7,9,11H,4,6,8H2,1-3H3,(H,16,20)(H,18,19). The molecule has 1 aromatic rings. The van der Waals surface area contributed by atoms with Crippen molar-refractivity contribution in [3.05, 3.63) is 24.0 Å². The van der Waals surface area contributed by atoms with Gasteiger partial charge < -0.3 is 15.2 Å². The number of carboxylic acids is 1. The van der Waals surface area contributed by atoms with Crippen molar-refractivity contribution >= 4 is 12.1 Å². The number of aryl methyl sites for hydroxylation is 1. The minimum Gasteiger partial charge on any atom is -0.480 e. The summed E-state index contributed by atoms with van der Waals surface area (Å²) in [5.41, 5.74) is 0.131. The summed E-state index contributed by atoms with van der Waals surface area (Å²) in [4.78, 5) is 22.7. The summed E-state index contributed by atoms with van der Waals surface area (Å²) >= 11 is 0. The molecule has 7 heteroatoms. The van der Waals surface area contributed by atoms with Crippen LogP contribution < -0.4 is 5.32 Å². The van der Waals surface area contributed by atoms with E-state index in [2.05, 4.69) is 15.5 Å². The summed E-state index contributed by atoms with van der Waals surface area (Å²) in [6.07, 6.45) is 2.33. The highest BCUT2D eigenvalue weighted by Gasteiger charge is 2.23. The van der Waals surface area contributed by atoms with Gasteiger partial charge in [0.2, 0.25) is 0 Å². The lowest BCUT2D eigenvalue weighted by Gasteiger charge is -2.21. The van der Waals surface area contributed by atoms with Gasteiger partial charge >= 0.3 is 12.1 Å². The minimum absolute atomic E-state index is 0.297. The number of alkyl carbamates (subject to hydrolysis) is 1. The van der Waals surface area contributed by atoms with Gasteiger partial charge in [-0.15, -0.1) is 0 Å². The Bertz CT molecular complexity index is 471. The number of carboxylic acid groups (broad SMARTS) is 1. The largest absolute Gasteiger partial charge is 0.480 e. The first-order valence-corrected chi connectivity index (χ1v) is 6.77. The number of hydrogen-bond donors (Lipinski definition) is 2. The molecule has 1 atom stereocenters. The number of aromatic nitrogens is 2. The topological polar surface area (TPSA) is 101 Å². The zero-order valence-electron chi connectivity index (χ0n) is 12.5. The van der Waals surface area contributed by atoms with Crippen LogP contribution in [0.2, 0.25) is 0 Å². The van der Waals surface area contributed by atoms with E-state index in [0.29, 0.717) is 19.3 Å². The molecule has 0 spiro atoms. The molecule has 2 N–H and O–H groups in total. The second kappa shape index (κ2) is 7.56. The van der Waals surface area contributed by atoms with Crippen LogP contribution in [0.5, 0.6) is 0 Å². The molecule has 116 valence electrons. The summed E-state index contributed by atoms with van der Waals surface area (Å²) in [6.45, 7) is 5.16. The zero-order valence-corrected chi connectivity index (χ0v) is 12.5. The molecule has 0 radical (unpaired) electrons. The highest BCUT2D eigenvalue weighted by atomic mass is 16.6. The van der Waals surface area contributed by atoms with E-state index in [9.17, 15) is 9.59 Å². The SMILES string of the molecule is CC(C)(C)OC(=O)NC(CCCc1cccnn1)C(=O)O. The molecule has 1 aromatic heterocycles. The Morgan fingerprint density at radius 2 is 2.14 bits per heavy atom. The highest BCUT2D eigenvalue weighted by Crippen LogP contribution is 2.08. The van der Waals surface area contributed by atoms with E-state index in [1.165, 1.54) is 0 Å². The second-order valence-corrected chi connectivity index (χ2v) is 5.64. The van der Waals surface area contributed by atoms with Crippen LogP contribution in [0.4, 0.5) is 4.79 Å². The molecular weight excluding hydrogens is 274 g/mol. The predicted octanol–water partition coefficient (Wildman–Crippen LogP) is 1.78. The van der Waals surface area contributed by atoms with E-state index in [1.54, 1.807) is 33.0 Å². The Morgan fingerprint density at radius 3 is 2.67 bits per heavy atom. The van der Waals surface area contributed by atoms with Gasteiger partial charge in [0.1, 0.15) is 11.6 Å². The first kappa shape index (κ1) is 16.9. The van der Waals surface area contributed by atoms with Crippen LogP contribution >= 0.6 is 0 Å². The molecule has 0 saturated carbocycles.